The van der Waals surface area contributed by atoms with E-state index in [1.165, 1.54) is 50.5 Å². The molecule has 1 aliphatic heterocycles. The Bertz CT molecular complexity index is 2550. The molecule has 21 nitrogen and oxygen atoms in total. The highest BCUT2D eigenvalue weighted by atomic mass is 16.5. The molecule has 67 heavy (non-hydrogen) atoms. The molecule has 4 bridgehead atoms. The summed E-state index contributed by atoms with van der Waals surface area (Å²) in [6.07, 6.45) is 0.601. The van der Waals surface area contributed by atoms with Gasteiger partial charge >= 0.3 is 5.97 Å². The second-order valence-corrected chi connectivity index (χ2v) is 17.0. The molecule has 21 heteroatoms. The molecule has 1 fully saturated rings. The summed E-state index contributed by atoms with van der Waals surface area (Å²) in [4.78, 5) is 83.2. The monoisotopic (exact) mass is 927 g/mol. The number of aliphatic hydroxyl groups excluding tert-OH is 2. The van der Waals surface area contributed by atoms with Crippen LogP contribution in [0.25, 0.3) is 16.8 Å². The number of amides is 4. The van der Waals surface area contributed by atoms with Crippen LogP contribution in [0.5, 0.6) is 17.2 Å². The van der Waals surface area contributed by atoms with Crippen LogP contribution in [0.2, 0.25) is 0 Å². The van der Waals surface area contributed by atoms with Gasteiger partial charge in [-0.25, -0.2) is 4.79 Å². The summed E-state index contributed by atoms with van der Waals surface area (Å²) >= 11 is 0. The lowest BCUT2D eigenvalue weighted by atomic mass is 9.93. The van der Waals surface area contributed by atoms with Crippen LogP contribution in [0.4, 0.5) is 0 Å². The van der Waals surface area contributed by atoms with E-state index in [0.29, 0.717) is 11.3 Å². The molecule has 4 amide bonds. The molecule has 0 radical (unpaired) electrons. The van der Waals surface area contributed by atoms with Crippen LogP contribution >= 0.6 is 0 Å². The van der Waals surface area contributed by atoms with E-state index in [1.807, 2.05) is 12.1 Å². The number of nitrogens with two attached hydrogens (primary N) is 3. The maximum Gasteiger partial charge on any atom is 0.326 e. The number of nitrogens with zero attached hydrogens (tertiary/aromatic N) is 3. The highest BCUT2D eigenvalue weighted by Crippen LogP contribution is 2.48. The van der Waals surface area contributed by atoms with Gasteiger partial charge in [-0.2, -0.15) is 9.78 Å². The predicted octanol–water partition coefficient (Wildman–Crippen LogP) is -0.669. The number of phenolic OH excluding ortho intramolecular Hbond substituents is 1. The minimum Gasteiger partial charge on any atom is -0.504 e. The van der Waals surface area contributed by atoms with Crippen molar-refractivity contribution in [2.24, 2.45) is 17.2 Å². The smallest absolute Gasteiger partial charge is 0.326 e. The Labute approximate surface area is 385 Å². The Kier molecular flexibility index (Phi) is 15.6. The van der Waals surface area contributed by atoms with E-state index in [0.717, 1.165) is 34.1 Å². The highest BCUT2D eigenvalue weighted by molar-refractivity contribution is 5.99. The Hall–Kier alpha value is -6.91. The number of nitrogens with one attached hydrogen (secondary N) is 3. The number of benzene rings is 3. The zero-order chi connectivity index (χ0) is 48.7. The predicted molar refractivity (Wildman–Crippen MR) is 242 cm³/mol. The van der Waals surface area contributed by atoms with Crippen molar-refractivity contribution in [3.8, 4) is 34.1 Å². The molecule has 2 aliphatic rings. The van der Waals surface area contributed by atoms with E-state index in [1.54, 1.807) is 12.1 Å². The minimum atomic E-state index is -1.69. The van der Waals surface area contributed by atoms with Gasteiger partial charge in [-0.05, 0) is 91.2 Å². The van der Waals surface area contributed by atoms with Gasteiger partial charge in [0.25, 0.3) is 11.5 Å². The van der Waals surface area contributed by atoms with Crippen molar-refractivity contribution < 1.29 is 53.9 Å². The van der Waals surface area contributed by atoms with Gasteiger partial charge in [0.1, 0.15) is 55.3 Å². The molecule has 0 spiro atoms. The third-order valence-electron chi connectivity index (χ3n) is 11.9. The zero-order valence-corrected chi connectivity index (χ0v) is 37.3. The van der Waals surface area contributed by atoms with Gasteiger partial charge in [0, 0.05) is 43.8 Å². The maximum absolute atomic E-state index is 14.6. The van der Waals surface area contributed by atoms with Crippen molar-refractivity contribution in [2.45, 2.75) is 81.3 Å². The van der Waals surface area contributed by atoms with Crippen LogP contribution in [0.1, 0.15) is 66.2 Å². The zero-order valence-electron chi connectivity index (χ0n) is 37.3. The van der Waals surface area contributed by atoms with Gasteiger partial charge in [-0.1, -0.05) is 25.1 Å². The van der Waals surface area contributed by atoms with Crippen LogP contribution in [-0.2, 0) is 31.0 Å². The van der Waals surface area contributed by atoms with Crippen molar-refractivity contribution in [1.29, 1.82) is 0 Å². The average molecular weight is 928 g/mol. The molecule has 358 valence electrons. The first-order valence-electron chi connectivity index (χ1n) is 21.7. The van der Waals surface area contributed by atoms with Crippen molar-refractivity contribution in [3.05, 3.63) is 99.5 Å². The molecule has 6 rings (SSSR count). The van der Waals surface area contributed by atoms with Crippen molar-refractivity contribution >= 4 is 29.6 Å². The standard InChI is InChI=1S/C46H57N9O12/c1-24-41(60)53-35(45(64)65)15-25-4-9-36(66-22-30(56)19-48)32(14-25)33-16-26(17-37(40(33)59)67-23-31(57)20-49)39(43(62)51-24)54(3)44(63)34(10-13-47)52-42(61)27-18-38(58)55(50-21-27)29-7-5-28(6-8-29)46(2)11-12-46/h4-9,14,16-18,21,24,30-31,34-35,39,56-57,59H,10-13,15,19-20,22-23,47-49H2,1-3H3,(H,51,62)(H,52,61)(H,53,60)(H,64,65)/t24-,30+,31+,34-,35-,39-/m0/s1. The van der Waals surface area contributed by atoms with Gasteiger partial charge in [0.2, 0.25) is 17.7 Å². The molecule has 1 aromatic heterocycles. The lowest BCUT2D eigenvalue weighted by Crippen LogP contribution is -2.55. The van der Waals surface area contributed by atoms with Gasteiger partial charge in [-0.3, -0.25) is 24.0 Å². The number of aliphatic hydroxyl groups is 2. The average Bonchev–Trinajstić information content (AvgIpc) is 4.07. The van der Waals surface area contributed by atoms with Crippen molar-refractivity contribution in [2.75, 3.05) is 39.9 Å². The lowest BCUT2D eigenvalue weighted by molar-refractivity contribution is -0.143. The third kappa shape index (κ3) is 11.6. The van der Waals surface area contributed by atoms with Gasteiger partial charge in [0.05, 0.1) is 17.4 Å². The number of fused-ring (bicyclic) bond motifs is 5. The van der Waals surface area contributed by atoms with E-state index in [-0.39, 0.29) is 78.3 Å². The summed E-state index contributed by atoms with van der Waals surface area (Å²) in [5, 5.41) is 54.4. The number of hydrogen-bond donors (Lipinski definition) is 10. The van der Waals surface area contributed by atoms with E-state index < -0.39 is 83.9 Å². The summed E-state index contributed by atoms with van der Waals surface area (Å²) in [5.74, 6) is -5.70. The number of carbonyl (C=O) groups is 5. The Morgan fingerprint density at radius 1 is 0.910 bits per heavy atom. The Morgan fingerprint density at radius 2 is 1.57 bits per heavy atom. The number of aromatic hydroxyl groups is 1. The fraction of sp³-hybridized carbons (Fsp3) is 0.413. The number of carboxylic acids is 1. The molecule has 3 aromatic carbocycles. The quantitative estimate of drug-likeness (QED) is 0.0628. The maximum atomic E-state index is 14.6. The first kappa shape index (κ1) is 49.5. The highest BCUT2D eigenvalue weighted by Gasteiger charge is 2.39. The van der Waals surface area contributed by atoms with Gasteiger partial charge in [-0.15, -0.1) is 0 Å². The largest absolute Gasteiger partial charge is 0.504 e. The fourth-order valence-electron chi connectivity index (χ4n) is 7.54. The molecule has 1 saturated carbocycles. The first-order chi connectivity index (χ1) is 31.9. The number of aromatic nitrogens is 2. The summed E-state index contributed by atoms with van der Waals surface area (Å²) in [7, 11) is 1.25. The first-order valence-corrected chi connectivity index (χ1v) is 21.7. The molecule has 4 aromatic rings. The number of hydrogen-bond acceptors (Lipinski definition) is 15. The van der Waals surface area contributed by atoms with Crippen molar-refractivity contribution in [1.82, 2.24) is 30.6 Å². The van der Waals surface area contributed by atoms with Crippen LogP contribution in [0.3, 0.4) is 0 Å². The number of ether oxygens (including phenoxy) is 2. The number of carbonyl (C=O) groups excluding carboxylic acids is 4. The molecular weight excluding hydrogens is 871 g/mol. The minimum absolute atomic E-state index is 0.0188. The number of carboxylic acid groups (broad SMARTS) is 1. The summed E-state index contributed by atoms with van der Waals surface area (Å²) in [6.45, 7) is 2.23. The summed E-state index contributed by atoms with van der Waals surface area (Å²) < 4.78 is 12.9. The number of phenols is 1. The topological polar surface area (TPSA) is 337 Å². The van der Waals surface area contributed by atoms with Crippen molar-refractivity contribution in [3.63, 3.8) is 0 Å². The molecule has 0 saturated heterocycles. The molecule has 6 atom stereocenters. The Morgan fingerprint density at radius 3 is 2.16 bits per heavy atom. The van der Waals surface area contributed by atoms with Crippen LogP contribution in [0, 0.1) is 0 Å². The second-order valence-electron chi connectivity index (χ2n) is 17.0. The Balaban J connectivity index is 1.41. The SMILES string of the molecule is C[C@@H]1NC(=O)[C@@H](N(C)C(=O)[C@H](CCN)NC(=O)c2cnn(-c3ccc(C4(C)CC4)cc3)c(=O)c2)c2cc(OC[C@H](O)CN)c(O)c(c2)-c2cc(ccc2OC[C@H](O)CN)C[C@@H](C(=O)O)NC1=O. The van der Waals surface area contributed by atoms with Gasteiger partial charge in [0.15, 0.2) is 11.5 Å². The summed E-state index contributed by atoms with van der Waals surface area (Å²) in [5.41, 5.74) is 18.5. The lowest BCUT2D eigenvalue weighted by Gasteiger charge is -2.32. The molecule has 2 heterocycles. The van der Waals surface area contributed by atoms with E-state index >= 15 is 0 Å². The summed E-state index contributed by atoms with van der Waals surface area (Å²) in [6, 6.07) is 9.57. The molecule has 1 aliphatic carbocycles. The third-order valence-corrected chi connectivity index (χ3v) is 11.9. The number of rotatable bonds is 17. The van der Waals surface area contributed by atoms with E-state index in [4.69, 9.17) is 26.7 Å². The fourth-order valence-corrected chi connectivity index (χ4v) is 7.54. The van der Waals surface area contributed by atoms with Crippen LogP contribution in [-0.4, -0.2) is 135 Å². The normalized spacial score (nSPS) is 19.1. The van der Waals surface area contributed by atoms with E-state index in [9.17, 15) is 49.2 Å². The van der Waals surface area contributed by atoms with Crippen LogP contribution < -0.4 is 48.2 Å². The van der Waals surface area contributed by atoms with Crippen LogP contribution in [0.15, 0.2) is 71.7 Å². The molecule has 13 N–H and O–H groups in total. The number of likely N-dealkylation sites (N-methyl/N-ethyl adjacent to an activating group) is 1. The molecule has 0 unspecified atom stereocenters. The molecular formula is C46H57N9O12. The second kappa shape index (κ2) is 21.2. The number of aliphatic carboxylic acids is 1. The van der Waals surface area contributed by atoms with Gasteiger partial charge < -0.3 is 68.0 Å². The van der Waals surface area contributed by atoms with E-state index in [2.05, 4.69) is 28.0 Å².